The van der Waals surface area contributed by atoms with E-state index in [0.29, 0.717) is 23.0 Å². The lowest BCUT2D eigenvalue weighted by molar-refractivity contribution is 0.174. The van der Waals surface area contributed by atoms with Crippen molar-refractivity contribution < 1.29 is 14.3 Å². The number of carbonyl (C=O) groups excluding carboxylic acids is 1. The predicted molar refractivity (Wildman–Crippen MR) is 118 cm³/mol. The van der Waals surface area contributed by atoms with Crippen molar-refractivity contribution in [2.45, 2.75) is 0 Å². The number of hydrogen-bond donors (Lipinski definition) is 2. The number of fused-ring (bicyclic) bond motifs is 1. The quantitative estimate of drug-likeness (QED) is 0.672. The zero-order chi connectivity index (χ0) is 21.0. The maximum atomic E-state index is 12.4. The summed E-state index contributed by atoms with van der Waals surface area (Å²) in [7, 11) is 0. The number of aromatic nitrogens is 2. The van der Waals surface area contributed by atoms with Gasteiger partial charge in [0.2, 0.25) is 6.79 Å². The van der Waals surface area contributed by atoms with Crippen molar-refractivity contribution in [3.63, 3.8) is 0 Å². The minimum atomic E-state index is -0.391. The first-order chi connectivity index (χ1) is 15.2. The number of para-hydroxylation sites is 1. The molecule has 158 valence electrons. The minimum Gasteiger partial charge on any atom is -0.454 e. The second-order valence-electron chi connectivity index (χ2n) is 7.22. The fourth-order valence-corrected chi connectivity index (χ4v) is 3.67. The highest BCUT2D eigenvalue weighted by molar-refractivity contribution is 5.99. The lowest BCUT2D eigenvalue weighted by atomic mass is 10.2. The van der Waals surface area contributed by atoms with Crippen LogP contribution in [-0.4, -0.2) is 49.0 Å². The van der Waals surface area contributed by atoms with E-state index in [0.717, 1.165) is 32.0 Å². The van der Waals surface area contributed by atoms with Gasteiger partial charge in [0.05, 0.1) is 0 Å². The van der Waals surface area contributed by atoms with E-state index in [1.54, 1.807) is 24.3 Å². The lowest BCUT2D eigenvalue weighted by Gasteiger charge is -2.36. The Morgan fingerprint density at radius 2 is 1.61 bits per heavy atom. The smallest absolute Gasteiger partial charge is 0.324 e. The number of nitrogens with one attached hydrogen (secondary N) is 2. The molecule has 0 saturated carbocycles. The zero-order valence-corrected chi connectivity index (χ0v) is 16.8. The summed E-state index contributed by atoms with van der Waals surface area (Å²) < 4.78 is 10.6. The van der Waals surface area contributed by atoms with Crippen LogP contribution in [0.3, 0.4) is 0 Å². The molecule has 2 aliphatic heterocycles. The summed E-state index contributed by atoms with van der Waals surface area (Å²) in [5.74, 6) is 2.50. The molecule has 0 atom stereocenters. The Morgan fingerprint density at radius 3 is 2.45 bits per heavy atom. The molecule has 2 aliphatic rings. The lowest BCUT2D eigenvalue weighted by Crippen LogP contribution is -2.46. The predicted octanol–water partition coefficient (Wildman–Crippen LogP) is 3.18. The Morgan fingerprint density at radius 1 is 0.839 bits per heavy atom. The molecule has 1 aromatic heterocycles. The van der Waals surface area contributed by atoms with E-state index in [9.17, 15) is 4.79 Å². The van der Waals surface area contributed by atoms with Crippen LogP contribution in [0, 0.1) is 0 Å². The van der Waals surface area contributed by atoms with Crippen LogP contribution >= 0.6 is 0 Å². The van der Waals surface area contributed by atoms with Gasteiger partial charge in [0.1, 0.15) is 18.0 Å². The molecule has 0 aliphatic carbocycles. The van der Waals surface area contributed by atoms with Crippen LogP contribution in [0.1, 0.15) is 0 Å². The van der Waals surface area contributed by atoms with E-state index in [1.807, 2.05) is 6.07 Å². The number of carbonyl (C=O) groups is 1. The molecule has 0 bridgehead atoms. The molecular weight excluding hydrogens is 396 g/mol. The highest BCUT2D eigenvalue weighted by Crippen LogP contribution is 2.34. The summed E-state index contributed by atoms with van der Waals surface area (Å²) in [6.07, 6.45) is 1.47. The summed E-state index contributed by atoms with van der Waals surface area (Å²) in [6.45, 7) is 3.68. The summed E-state index contributed by atoms with van der Waals surface area (Å²) in [5.41, 5.74) is 1.83. The Balaban J connectivity index is 1.19. The maximum absolute atomic E-state index is 12.4. The second-order valence-corrected chi connectivity index (χ2v) is 7.22. The Kier molecular flexibility index (Phi) is 5.14. The van der Waals surface area contributed by atoms with Crippen LogP contribution < -0.4 is 29.9 Å². The molecule has 5 rings (SSSR count). The first-order valence-corrected chi connectivity index (χ1v) is 10.1. The third-order valence-electron chi connectivity index (χ3n) is 5.25. The standard InChI is InChI=1S/C22H22N6O3/c29-22(25-16-6-7-18-19(12-16)31-15-30-18)26-20-13-21(24-14-23-20)28-10-8-27(9-11-28)17-4-2-1-3-5-17/h1-7,12-14H,8-11,15H2,(H2,23,24,25,26,29). The van der Waals surface area contributed by atoms with E-state index < -0.39 is 6.03 Å². The van der Waals surface area contributed by atoms with Crippen molar-refractivity contribution in [2.75, 3.05) is 53.4 Å². The van der Waals surface area contributed by atoms with Crippen molar-refractivity contribution in [1.82, 2.24) is 9.97 Å². The van der Waals surface area contributed by atoms with E-state index in [2.05, 4.69) is 54.7 Å². The van der Waals surface area contributed by atoms with Crippen molar-refractivity contribution in [1.29, 1.82) is 0 Å². The van der Waals surface area contributed by atoms with Crippen LogP contribution in [0.5, 0.6) is 11.5 Å². The number of hydrogen-bond acceptors (Lipinski definition) is 7. The highest BCUT2D eigenvalue weighted by atomic mass is 16.7. The topological polar surface area (TPSA) is 91.9 Å². The first kappa shape index (κ1) is 19.0. The van der Waals surface area contributed by atoms with Gasteiger partial charge in [-0.1, -0.05) is 18.2 Å². The van der Waals surface area contributed by atoms with Gasteiger partial charge in [-0.05, 0) is 24.3 Å². The van der Waals surface area contributed by atoms with Gasteiger partial charge in [0, 0.05) is 49.7 Å². The zero-order valence-electron chi connectivity index (χ0n) is 16.8. The van der Waals surface area contributed by atoms with Crippen molar-refractivity contribution in [2.24, 2.45) is 0 Å². The molecule has 0 unspecified atom stereocenters. The van der Waals surface area contributed by atoms with Gasteiger partial charge in [-0.3, -0.25) is 5.32 Å². The number of urea groups is 1. The molecule has 9 heteroatoms. The fourth-order valence-electron chi connectivity index (χ4n) is 3.67. The van der Waals surface area contributed by atoms with Gasteiger partial charge in [0.25, 0.3) is 0 Å². The molecule has 2 aromatic carbocycles. The Labute approximate surface area is 179 Å². The highest BCUT2D eigenvalue weighted by Gasteiger charge is 2.19. The largest absolute Gasteiger partial charge is 0.454 e. The molecule has 31 heavy (non-hydrogen) atoms. The summed E-state index contributed by atoms with van der Waals surface area (Å²) in [5, 5.41) is 5.54. The monoisotopic (exact) mass is 418 g/mol. The van der Waals surface area contributed by atoms with E-state index in [1.165, 1.54) is 12.0 Å². The normalized spacial score (nSPS) is 15.0. The van der Waals surface area contributed by atoms with Crippen LogP contribution in [0.15, 0.2) is 60.9 Å². The molecule has 1 fully saturated rings. The van der Waals surface area contributed by atoms with Crippen molar-refractivity contribution >= 4 is 29.0 Å². The Hall–Kier alpha value is -4.01. The van der Waals surface area contributed by atoms with Crippen LogP contribution in [0.25, 0.3) is 0 Å². The van der Waals surface area contributed by atoms with Crippen LogP contribution in [0.2, 0.25) is 0 Å². The third-order valence-corrected chi connectivity index (χ3v) is 5.25. The fraction of sp³-hybridized carbons (Fsp3) is 0.227. The van der Waals surface area contributed by atoms with E-state index >= 15 is 0 Å². The number of piperazine rings is 1. The third kappa shape index (κ3) is 4.30. The summed E-state index contributed by atoms with van der Waals surface area (Å²) in [4.78, 5) is 25.5. The number of nitrogens with zero attached hydrogens (tertiary/aromatic N) is 4. The number of amides is 2. The number of rotatable bonds is 4. The SMILES string of the molecule is O=C(Nc1ccc2c(c1)OCO2)Nc1cc(N2CCN(c3ccccc3)CC2)ncn1. The van der Waals surface area contributed by atoms with Crippen LogP contribution in [0.4, 0.5) is 27.8 Å². The Bertz CT molecular complexity index is 1070. The molecule has 1 saturated heterocycles. The van der Waals surface area contributed by atoms with Crippen molar-refractivity contribution in [3.8, 4) is 11.5 Å². The molecule has 3 heterocycles. The average Bonchev–Trinajstić information content (AvgIpc) is 3.28. The molecule has 2 N–H and O–H groups in total. The van der Waals surface area contributed by atoms with Gasteiger partial charge >= 0.3 is 6.03 Å². The molecule has 0 spiro atoms. The molecular formula is C22H22N6O3. The number of ether oxygens (including phenoxy) is 2. The first-order valence-electron chi connectivity index (χ1n) is 10.1. The van der Waals surface area contributed by atoms with Gasteiger partial charge in [-0.25, -0.2) is 14.8 Å². The maximum Gasteiger partial charge on any atom is 0.324 e. The van der Waals surface area contributed by atoms with E-state index in [-0.39, 0.29) is 6.79 Å². The van der Waals surface area contributed by atoms with Crippen LogP contribution in [-0.2, 0) is 0 Å². The summed E-state index contributed by atoms with van der Waals surface area (Å²) >= 11 is 0. The van der Waals surface area contributed by atoms with Crippen molar-refractivity contribution in [3.05, 3.63) is 60.9 Å². The van der Waals surface area contributed by atoms with Gasteiger partial charge in [-0.15, -0.1) is 0 Å². The number of anilines is 4. The molecule has 0 radical (unpaired) electrons. The minimum absolute atomic E-state index is 0.189. The van der Waals surface area contributed by atoms with Gasteiger partial charge in [0.15, 0.2) is 11.5 Å². The molecule has 2 amide bonds. The van der Waals surface area contributed by atoms with Gasteiger partial charge in [-0.2, -0.15) is 0 Å². The second kappa shape index (κ2) is 8.39. The average molecular weight is 418 g/mol. The summed E-state index contributed by atoms with van der Waals surface area (Å²) in [6, 6.07) is 17.0. The molecule has 3 aromatic rings. The van der Waals surface area contributed by atoms with E-state index in [4.69, 9.17) is 9.47 Å². The van der Waals surface area contributed by atoms with Gasteiger partial charge < -0.3 is 24.6 Å². The molecule has 9 nitrogen and oxygen atoms in total. The number of benzene rings is 2.